The van der Waals surface area contributed by atoms with E-state index >= 15 is 0 Å². The summed E-state index contributed by atoms with van der Waals surface area (Å²) in [5.74, 6) is -1.67. The van der Waals surface area contributed by atoms with Crippen molar-refractivity contribution >= 4 is 16.9 Å². The van der Waals surface area contributed by atoms with Crippen LogP contribution in [0.3, 0.4) is 0 Å². The fraction of sp³-hybridized carbons (Fsp3) is 0.379. The normalized spacial score (nSPS) is 13.5. The Morgan fingerprint density at radius 2 is 1.71 bits per heavy atom. The van der Waals surface area contributed by atoms with Gasteiger partial charge in [0.15, 0.2) is 0 Å². The molecule has 222 valence electrons. The summed E-state index contributed by atoms with van der Waals surface area (Å²) < 4.78 is 100.0. The molecule has 2 aromatic carbocycles. The molecule has 0 aliphatic heterocycles. The van der Waals surface area contributed by atoms with E-state index in [4.69, 9.17) is 9.15 Å². The summed E-state index contributed by atoms with van der Waals surface area (Å²) in [6.45, 7) is 3.99. The van der Waals surface area contributed by atoms with E-state index in [0.29, 0.717) is 12.0 Å². The van der Waals surface area contributed by atoms with Gasteiger partial charge in [0, 0.05) is 23.1 Å². The monoisotopic (exact) mass is 586 g/mol. The quantitative estimate of drug-likeness (QED) is 0.0710. The smallest absolute Gasteiger partial charge is 0.492 e. The molecular formula is C29H28F6O6. The van der Waals surface area contributed by atoms with Gasteiger partial charge in [0.05, 0.1) is 5.56 Å². The molecule has 3 aromatic rings. The van der Waals surface area contributed by atoms with Gasteiger partial charge in [-0.05, 0) is 49.6 Å². The topological polar surface area (TPSA) is 75.0 Å². The van der Waals surface area contributed by atoms with Crippen molar-refractivity contribution in [1.82, 2.24) is 0 Å². The lowest BCUT2D eigenvalue weighted by Gasteiger charge is -2.31. The molecule has 0 saturated heterocycles. The molecule has 0 aliphatic rings. The Morgan fingerprint density at radius 3 is 2.34 bits per heavy atom. The summed E-state index contributed by atoms with van der Waals surface area (Å²) in [5.41, 5.74) is -3.34. The summed E-state index contributed by atoms with van der Waals surface area (Å²) in [5, 5.41) is 0.274. The van der Waals surface area contributed by atoms with Crippen molar-refractivity contribution in [3.05, 3.63) is 71.1 Å². The maximum Gasteiger partial charge on any atom is 0.573 e. The molecule has 1 aromatic heterocycles. The van der Waals surface area contributed by atoms with Crippen molar-refractivity contribution in [3.8, 4) is 22.6 Å². The van der Waals surface area contributed by atoms with Crippen LogP contribution in [0.1, 0.15) is 38.7 Å². The van der Waals surface area contributed by atoms with Crippen molar-refractivity contribution in [1.29, 1.82) is 0 Å². The van der Waals surface area contributed by atoms with Gasteiger partial charge in [-0.25, -0.2) is 9.59 Å². The predicted molar refractivity (Wildman–Crippen MR) is 139 cm³/mol. The Hall–Kier alpha value is -3.96. The summed E-state index contributed by atoms with van der Waals surface area (Å²) in [7, 11) is 0. The maximum atomic E-state index is 13.7. The van der Waals surface area contributed by atoms with E-state index < -0.39 is 48.5 Å². The number of hydrogen-bond acceptors (Lipinski definition) is 6. The van der Waals surface area contributed by atoms with Crippen LogP contribution in [0.15, 0.2) is 64.3 Å². The molecule has 0 N–H and O–H groups in total. The van der Waals surface area contributed by atoms with Crippen molar-refractivity contribution in [3.63, 3.8) is 0 Å². The first kappa shape index (κ1) is 31.6. The van der Waals surface area contributed by atoms with Crippen LogP contribution in [0, 0.1) is 5.41 Å². The molecule has 0 bridgehead atoms. The van der Waals surface area contributed by atoms with Crippen molar-refractivity contribution in [2.24, 2.45) is 5.41 Å². The second kappa shape index (κ2) is 12.7. The van der Waals surface area contributed by atoms with E-state index in [1.807, 2.05) is 6.92 Å². The number of rotatable bonds is 12. The Bertz CT molecular complexity index is 1440. The summed E-state index contributed by atoms with van der Waals surface area (Å²) >= 11 is 0. The number of alkyl halides is 6. The highest BCUT2D eigenvalue weighted by Gasteiger charge is 2.53. The van der Waals surface area contributed by atoms with Crippen LogP contribution in [-0.4, -0.2) is 31.7 Å². The van der Waals surface area contributed by atoms with E-state index in [0.717, 1.165) is 32.3 Å². The zero-order valence-electron chi connectivity index (χ0n) is 22.3. The van der Waals surface area contributed by atoms with Crippen LogP contribution < -0.4 is 15.1 Å². The van der Waals surface area contributed by atoms with Gasteiger partial charge in [-0.3, -0.25) is 0 Å². The Morgan fingerprint density at radius 1 is 0.976 bits per heavy atom. The van der Waals surface area contributed by atoms with Crippen LogP contribution in [-0.2, 0) is 16.0 Å². The van der Waals surface area contributed by atoms with Gasteiger partial charge in [0.1, 0.15) is 35.7 Å². The van der Waals surface area contributed by atoms with Crippen LogP contribution in [0.5, 0.6) is 11.5 Å². The lowest BCUT2D eigenvalue weighted by molar-refractivity contribution is -0.274. The molecule has 0 aliphatic carbocycles. The first-order valence-electron chi connectivity index (χ1n) is 12.6. The molecule has 0 amide bonds. The van der Waals surface area contributed by atoms with Gasteiger partial charge in [-0.15, -0.1) is 13.2 Å². The molecule has 3 rings (SSSR count). The third-order valence-corrected chi connectivity index (χ3v) is 6.28. The zero-order valence-corrected chi connectivity index (χ0v) is 22.3. The third-order valence-electron chi connectivity index (χ3n) is 6.28. The molecule has 1 heterocycles. The highest BCUT2D eigenvalue weighted by atomic mass is 19.4. The minimum Gasteiger partial charge on any atom is -0.492 e. The molecule has 1 atom stereocenters. The first-order valence-corrected chi connectivity index (χ1v) is 12.6. The molecule has 0 radical (unpaired) electrons. The predicted octanol–water partition coefficient (Wildman–Crippen LogP) is 7.77. The minimum atomic E-state index is -5.00. The standard InChI is InChI=1S/C29H28F6O6/c1-4-6-7-8-18-9-12-21(24(13-18)41-29(33,34)35)22-14-19-10-11-20(15-23(19)40-26(22)37)38-16-27(3,28(30,31)32)17-39-25(36)5-2/h5,9-15H,2,4,6-8,16-17H2,1,3H3. The van der Waals surface area contributed by atoms with Crippen LogP contribution in [0.2, 0.25) is 0 Å². The van der Waals surface area contributed by atoms with Gasteiger partial charge in [-0.2, -0.15) is 13.2 Å². The van der Waals surface area contributed by atoms with Crippen LogP contribution in [0.25, 0.3) is 22.1 Å². The lowest BCUT2D eigenvalue weighted by atomic mass is 9.92. The summed E-state index contributed by atoms with van der Waals surface area (Å²) in [4.78, 5) is 24.1. The number of benzene rings is 2. The number of esters is 1. The lowest BCUT2D eigenvalue weighted by Crippen LogP contribution is -2.44. The fourth-order valence-corrected chi connectivity index (χ4v) is 3.84. The first-order chi connectivity index (χ1) is 19.2. The SMILES string of the molecule is C=CC(=O)OCC(C)(COc1ccc2cc(-c3ccc(CCCCC)cc3OC(F)(F)F)c(=O)oc2c1)C(F)(F)F. The third kappa shape index (κ3) is 8.27. The van der Waals surface area contributed by atoms with Gasteiger partial charge in [-0.1, -0.05) is 38.5 Å². The summed E-state index contributed by atoms with van der Waals surface area (Å²) in [6.07, 6.45) is -5.94. The average Bonchev–Trinajstić information content (AvgIpc) is 2.89. The van der Waals surface area contributed by atoms with E-state index in [2.05, 4.69) is 16.1 Å². The minimum absolute atomic E-state index is 0.0717. The van der Waals surface area contributed by atoms with Crippen molar-refractivity contribution in [2.75, 3.05) is 13.2 Å². The number of carbonyl (C=O) groups is 1. The van der Waals surface area contributed by atoms with Crippen molar-refractivity contribution < 1.29 is 49.8 Å². The Kier molecular flexibility index (Phi) is 9.77. The summed E-state index contributed by atoms with van der Waals surface area (Å²) in [6, 6.07) is 9.37. The molecule has 6 nitrogen and oxygen atoms in total. The molecule has 1 unspecified atom stereocenters. The largest absolute Gasteiger partial charge is 0.573 e. The molecule has 41 heavy (non-hydrogen) atoms. The van der Waals surface area contributed by atoms with Crippen LogP contribution in [0.4, 0.5) is 26.3 Å². The van der Waals surface area contributed by atoms with Gasteiger partial charge >= 0.3 is 24.1 Å². The Labute approximate surface area is 231 Å². The number of aryl methyl sites for hydroxylation is 1. The van der Waals surface area contributed by atoms with Gasteiger partial charge < -0.3 is 18.6 Å². The molecule has 0 saturated carbocycles. The average molecular weight is 587 g/mol. The zero-order chi connectivity index (χ0) is 30.4. The number of halogens is 6. The highest BCUT2D eigenvalue weighted by Crippen LogP contribution is 2.39. The molecular weight excluding hydrogens is 558 g/mol. The molecule has 0 fully saturated rings. The van der Waals surface area contributed by atoms with Crippen molar-refractivity contribution in [2.45, 2.75) is 52.1 Å². The van der Waals surface area contributed by atoms with E-state index in [9.17, 15) is 35.9 Å². The van der Waals surface area contributed by atoms with Crippen LogP contribution >= 0.6 is 0 Å². The van der Waals surface area contributed by atoms with Gasteiger partial charge in [0.25, 0.3) is 0 Å². The van der Waals surface area contributed by atoms with Gasteiger partial charge in [0.2, 0.25) is 0 Å². The maximum absolute atomic E-state index is 13.7. The van der Waals surface area contributed by atoms with E-state index in [1.54, 1.807) is 6.07 Å². The number of carbonyl (C=O) groups excluding carboxylic acids is 1. The number of ether oxygens (including phenoxy) is 3. The molecule has 12 heteroatoms. The highest BCUT2D eigenvalue weighted by molar-refractivity contribution is 5.84. The fourth-order valence-electron chi connectivity index (χ4n) is 3.84. The number of fused-ring (bicyclic) bond motifs is 1. The van der Waals surface area contributed by atoms with E-state index in [1.165, 1.54) is 36.4 Å². The van der Waals surface area contributed by atoms with E-state index in [-0.39, 0.29) is 27.8 Å². The molecule has 0 spiro atoms. The number of unbranched alkanes of at least 4 members (excludes halogenated alkanes) is 2. The second-order valence-electron chi connectivity index (χ2n) is 9.64. The number of hydrogen-bond donors (Lipinski definition) is 0. The Balaban J connectivity index is 1.91. The second-order valence-corrected chi connectivity index (χ2v) is 9.64.